The standard InChI is InChI=1S/C29H23F3N6O2/c1-17-5-6-19(12-25(17)37-28-34-9-7-24(36-28)20-4-3-8-33-14-20)26(39)27(40)21-10-22(29(30,31)32)13-23(11-21)38-15-18(2)35-16-38/h3-16,27,40H,1-2H3,(H,34,36,37). The van der Waals surface area contributed by atoms with Crippen LogP contribution in [0.5, 0.6) is 0 Å². The SMILES string of the molecule is Cc1cn(-c2cc(C(O)C(=O)c3ccc(C)c(Nc4nccc(-c5cccnc5)n4)c3)cc(C(F)(F)F)c2)cn1. The second kappa shape index (κ2) is 10.7. The Balaban J connectivity index is 1.45. The molecule has 3 aromatic heterocycles. The lowest BCUT2D eigenvalue weighted by atomic mass is 9.96. The summed E-state index contributed by atoms with van der Waals surface area (Å²) >= 11 is 0. The van der Waals surface area contributed by atoms with Crippen molar-refractivity contribution in [3.8, 4) is 16.9 Å². The van der Waals surface area contributed by atoms with Gasteiger partial charge in [0.25, 0.3) is 0 Å². The number of carbonyl (C=O) groups is 1. The van der Waals surface area contributed by atoms with Crippen LogP contribution in [-0.2, 0) is 6.18 Å². The van der Waals surface area contributed by atoms with Gasteiger partial charge in [0.05, 0.1) is 23.3 Å². The van der Waals surface area contributed by atoms with Crippen LogP contribution in [0.2, 0.25) is 0 Å². The highest BCUT2D eigenvalue weighted by Gasteiger charge is 2.33. The number of anilines is 2. The van der Waals surface area contributed by atoms with Crippen molar-refractivity contribution in [2.24, 2.45) is 0 Å². The van der Waals surface area contributed by atoms with Crippen LogP contribution in [0.15, 0.2) is 85.7 Å². The van der Waals surface area contributed by atoms with Crippen molar-refractivity contribution in [2.75, 3.05) is 5.32 Å². The molecule has 2 aromatic carbocycles. The molecule has 0 saturated carbocycles. The molecule has 2 N–H and O–H groups in total. The van der Waals surface area contributed by atoms with Crippen molar-refractivity contribution in [1.82, 2.24) is 24.5 Å². The number of rotatable bonds is 7. The van der Waals surface area contributed by atoms with Gasteiger partial charge in [0.2, 0.25) is 5.95 Å². The Morgan fingerprint density at radius 1 is 1.02 bits per heavy atom. The van der Waals surface area contributed by atoms with Crippen LogP contribution in [0.4, 0.5) is 24.8 Å². The van der Waals surface area contributed by atoms with Crippen molar-refractivity contribution in [3.05, 3.63) is 114 Å². The fraction of sp³-hybridized carbons (Fsp3) is 0.138. The topological polar surface area (TPSA) is 106 Å². The van der Waals surface area contributed by atoms with Gasteiger partial charge in [0.1, 0.15) is 6.10 Å². The number of carbonyl (C=O) groups excluding carboxylic acids is 1. The number of alkyl halides is 3. The van der Waals surface area contributed by atoms with E-state index in [1.807, 2.05) is 13.0 Å². The molecule has 0 fully saturated rings. The molecule has 0 radical (unpaired) electrons. The maximum absolute atomic E-state index is 13.7. The van der Waals surface area contributed by atoms with E-state index in [0.29, 0.717) is 17.1 Å². The minimum absolute atomic E-state index is 0.0986. The van der Waals surface area contributed by atoms with E-state index in [1.165, 1.54) is 29.1 Å². The number of hydrogen-bond acceptors (Lipinski definition) is 7. The molecule has 11 heteroatoms. The zero-order valence-electron chi connectivity index (χ0n) is 21.4. The van der Waals surface area contributed by atoms with E-state index in [9.17, 15) is 23.1 Å². The van der Waals surface area contributed by atoms with Gasteiger partial charge in [-0.05, 0) is 67.4 Å². The van der Waals surface area contributed by atoms with Gasteiger partial charge >= 0.3 is 6.18 Å². The predicted octanol–water partition coefficient (Wildman–Crippen LogP) is 6.02. The number of aryl methyl sites for hydroxylation is 2. The van der Waals surface area contributed by atoms with Crippen LogP contribution in [0.25, 0.3) is 16.9 Å². The van der Waals surface area contributed by atoms with Gasteiger partial charge in [-0.2, -0.15) is 13.2 Å². The van der Waals surface area contributed by atoms with Crippen LogP contribution in [0.1, 0.15) is 38.8 Å². The summed E-state index contributed by atoms with van der Waals surface area (Å²) < 4.78 is 42.4. The number of benzene rings is 2. The van der Waals surface area contributed by atoms with Crippen LogP contribution in [0, 0.1) is 13.8 Å². The number of halogens is 3. The number of hydrogen-bond donors (Lipinski definition) is 2. The smallest absolute Gasteiger partial charge is 0.380 e. The first-order valence-corrected chi connectivity index (χ1v) is 12.1. The largest absolute Gasteiger partial charge is 0.416 e. The Labute approximate surface area is 227 Å². The minimum Gasteiger partial charge on any atom is -0.380 e. The van der Waals surface area contributed by atoms with Crippen molar-refractivity contribution in [2.45, 2.75) is 26.1 Å². The number of ketones is 1. The van der Waals surface area contributed by atoms with Crippen molar-refractivity contribution >= 4 is 17.4 Å². The van der Waals surface area contributed by atoms with Crippen LogP contribution in [-0.4, -0.2) is 35.4 Å². The molecule has 0 bridgehead atoms. The van der Waals surface area contributed by atoms with Gasteiger partial charge in [-0.1, -0.05) is 12.1 Å². The molecule has 8 nitrogen and oxygen atoms in total. The first-order valence-electron chi connectivity index (χ1n) is 12.1. The van der Waals surface area contributed by atoms with E-state index in [1.54, 1.807) is 49.9 Å². The first-order chi connectivity index (χ1) is 19.1. The number of aliphatic hydroxyl groups is 1. The Hall–Kier alpha value is -4.90. The number of pyridine rings is 1. The number of aliphatic hydroxyl groups excluding tert-OH is 1. The summed E-state index contributed by atoms with van der Waals surface area (Å²) in [6.45, 7) is 3.51. The lowest BCUT2D eigenvalue weighted by Gasteiger charge is -2.17. The number of nitrogens with one attached hydrogen (secondary N) is 1. The zero-order chi connectivity index (χ0) is 28.4. The summed E-state index contributed by atoms with van der Waals surface area (Å²) in [5, 5.41) is 14.0. The van der Waals surface area contributed by atoms with Crippen molar-refractivity contribution in [1.29, 1.82) is 0 Å². The van der Waals surface area contributed by atoms with Gasteiger partial charge in [-0.15, -0.1) is 0 Å². The third-order valence-electron chi connectivity index (χ3n) is 6.22. The highest BCUT2D eigenvalue weighted by atomic mass is 19.4. The molecule has 0 aliphatic heterocycles. The fourth-order valence-electron chi connectivity index (χ4n) is 4.10. The maximum atomic E-state index is 13.7. The lowest BCUT2D eigenvalue weighted by molar-refractivity contribution is -0.137. The van der Waals surface area contributed by atoms with E-state index >= 15 is 0 Å². The highest BCUT2D eigenvalue weighted by Crippen LogP contribution is 2.34. The second-order valence-electron chi connectivity index (χ2n) is 9.16. The van der Waals surface area contributed by atoms with E-state index in [2.05, 4.69) is 25.3 Å². The molecule has 1 unspecified atom stereocenters. The molecule has 5 aromatic rings. The van der Waals surface area contributed by atoms with Gasteiger partial charge < -0.3 is 15.0 Å². The van der Waals surface area contributed by atoms with Gasteiger partial charge in [0.15, 0.2) is 5.78 Å². The molecular weight excluding hydrogens is 521 g/mol. The molecule has 0 aliphatic rings. The fourth-order valence-corrected chi connectivity index (χ4v) is 4.10. The zero-order valence-corrected chi connectivity index (χ0v) is 21.4. The van der Waals surface area contributed by atoms with E-state index in [0.717, 1.165) is 23.3 Å². The summed E-state index contributed by atoms with van der Waals surface area (Å²) in [5.74, 6) is -0.493. The third-order valence-corrected chi connectivity index (χ3v) is 6.22. The maximum Gasteiger partial charge on any atom is 0.416 e. The number of nitrogens with zero attached hydrogens (tertiary/aromatic N) is 5. The predicted molar refractivity (Wildman–Crippen MR) is 142 cm³/mol. The average molecular weight is 545 g/mol. The van der Waals surface area contributed by atoms with Crippen molar-refractivity contribution < 1.29 is 23.1 Å². The van der Waals surface area contributed by atoms with Crippen LogP contribution < -0.4 is 5.32 Å². The number of aromatic nitrogens is 5. The summed E-state index contributed by atoms with van der Waals surface area (Å²) in [5.41, 5.74) is 2.33. The summed E-state index contributed by atoms with van der Waals surface area (Å²) in [4.78, 5) is 30.2. The van der Waals surface area contributed by atoms with Gasteiger partial charge in [-0.25, -0.2) is 15.0 Å². The average Bonchev–Trinajstić information content (AvgIpc) is 3.39. The molecule has 0 amide bonds. The quantitative estimate of drug-likeness (QED) is 0.241. The molecule has 5 rings (SSSR count). The normalized spacial score (nSPS) is 12.2. The van der Waals surface area contributed by atoms with Gasteiger partial charge in [0, 0.05) is 47.3 Å². The summed E-state index contributed by atoms with van der Waals surface area (Å²) in [6, 6.07) is 13.1. The monoisotopic (exact) mass is 544 g/mol. The van der Waals surface area contributed by atoms with E-state index in [4.69, 9.17) is 0 Å². The van der Waals surface area contributed by atoms with E-state index < -0.39 is 23.6 Å². The Kier molecular flexibility index (Phi) is 7.14. The minimum atomic E-state index is -4.69. The molecule has 0 spiro atoms. The molecule has 0 aliphatic carbocycles. The Bertz CT molecular complexity index is 1690. The van der Waals surface area contributed by atoms with Crippen molar-refractivity contribution in [3.63, 3.8) is 0 Å². The summed E-state index contributed by atoms with van der Waals surface area (Å²) in [7, 11) is 0. The lowest BCUT2D eigenvalue weighted by Crippen LogP contribution is -2.15. The molecule has 202 valence electrons. The molecule has 3 heterocycles. The molecule has 1 atom stereocenters. The first kappa shape index (κ1) is 26.7. The van der Waals surface area contributed by atoms with Crippen LogP contribution >= 0.6 is 0 Å². The van der Waals surface area contributed by atoms with Gasteiger partial charge in [-0.3, -0.25) is 9.78 Å². The highest BCUT2D eigenvalue weighted by molar-refractivity contribution is 6.01. The third kappa shape index (κ3) is 5.74. The number of Topliss-reactive ketones (excluding diaryl/α,β-unsaturated/α-hetero) is 1. The van der Waals surface area contributed by atoms with E-state index in [-0.39, 0.29) is 22.8 Å². The molecular formula is C29H23F3N6O2. The Morgan fingerprint density at radius 2 is 1.85 bits per heavy atom. The Morgan fingerprint density at radius 3 is 2.55 bits per heavy atom. The second-order valence-corrected chi connectivity index (χ2v) is 9.16. The molecule has 40 heavy (non-hydrogen) atoms. The van der Waals surface area contributed by atoms with Crippen LogP contribution in [0.3, 0.4) is 0 Å². The summed E-state index contributed by atoms with van der Waals surface area (Å²) in [6.07, 6.45) is 1.30. The molecule has 0 saturated heterocycles. The number of imidazole rings is 1.